The molecular weight excluding hydrogens is 356 g/mol. The van der Waals surface area contributed by atoms with Gasteiger partial charge < -0.3 is 5.11 Å². The molecule has 0 atom stereocenters. The molecular formula is C21H20N4O3. The SMILES string of the molecule is Cn1nc2c(c1/C=C1\CCn3c1nc1cc(C(=O)O)ccc1c3=O)CCCC2. The van der Waals surface area contributed by atoms with Gasteiger partial charge in [0.05, 0.1) is 27.9 Å². The van der Waals surface area contributed by atoms with Crippen LogP contribution in [0.5, 0.6) is 0 Å². The molecule has 1 aliphatic heterocycles. The second-order valence-electron chi connectivity index (χ2n) is 7.49. The lowest BCUT2D eigenvalue weighted by molar-refractivity contribution is 0.0697. The van der Waals surface area contributed by atoms with Gasteiger partial charge in [-0.05, 0) is 62.0 Å². The molecule has 0 unspecified atom stereocenters. The maximum Gasteiger partial charge on any atom is 0.335 e. The van der Waals surface area contributed by atoms with Gasteiger partial charge in [-0.3, -0.25) is 14.0 Å². The van der Waals surface area contributed by atoms with Crippen molar-refractivity contribution in [1.82, 2.24) is 19.3 Å². The van der Waals surface area contributed by atoms with Gasteiger partial charge in [0.15, 0.2) is 0 Å². The zero-order valence-corrected chi connectivity index (χ0v) is 15.6. The summed E-state index contributed by atoms with van der Waals surface area (Å²) < 4.78 is 3.62. The zero-order chi connectivity index (χ0) is 19.4. The van der Waals surface area contributed by atoms with Gasteiger partial charge in [0.2, 0.25) is 0 Å². The number of carboxylic acid groups (broad SMARTS) is 1. The van der Waals surface area contributed by atoms with E-state index in [1.165, 1.54) is 36.2 Å². The van der Waals surface area contributed by atoms with Crippen LogP contribution in [0.4, 0.5) is 0 Å². The average Bonchev–Trinajstić information content (AvgIpc) is 3.23. The molecule has 7 heteroatoms. The largest absolute Gasteiger partial charge is 0.478 e. The Hall–Kier alpha value is -3.22. The molecule has 0 fully saturated rings. The molecule has 1 aromatic carbocycles. The van der Waals surface area contributed by atoms with Crippen LogP contribution < -0.4 is 5.56 Å². The van der Waals surface area contributed by atoms with E-state index < -0.39 is 5.97 Å². The summed E-state index contributed by atoms with van der Waals surface area (Å²) in [5, 5.41) is 14.4. The Morgan fingerprint density at radius 3 is 2.86 bits per heavy atom. The molecule has 3 heterocycles. The van der Waals surface area contributed by atoms with Gasteiger partial charge in [-0.15, -0.1) is 0 Å². The van der Waals surface area contributed by atoms with Crippen LogP contribution in [-0.4, -0.2) is 30.4 Å². The summed E-state index contributed by atoms with van der Waals surface area (Å²) >= 11 is 0. The maximum atomic E-state index is 12.9. The third-order valence-electron chi connectivity index (χ3n) is 5.77. The lowest BCUT2D eigenvalue weighted by Crippen LogP contribution is -2.21. The minimum Gasteiger partial charge on any atom is -0.478 e. The van der Waals surface area contributed by atoms with Gasteiger partial charge in [-0.2, -0.15) is 5.10 Å². The molecule has 2 aliphatic rings. The second-order valence-corrected chi connectivity index (χ2v) is 7.49. The monoisotopic (exact) mass is 376 g/mol. The Morgan fingerprint density at radius 2 is 2.04 bits per heavy atom. The number of carbonyl (C=O) groups is 1. The first-order chi connectivity index (χ1) is 13.5. The van der Waals surface area contributed by atoms with Gasteiger partial charge >= 0.3 is 5.97 Å². The second kappa shape index (κ2) is 6.15. The van der Waals surface area contributed by atoms with Crippen molar-refractivity contribution in [1.29, 1.82) is 0 Å². The number of fused-ring (bicyclic) bond motifs is 3. The highest BCUT2D eigenvalue weighted by Gasteiger charge is 2.24. The highest BCUT2D eigenvalue weighted by molar-refractivity contribution is 5.93. The molecule has 7 nitrogen and oxygen atoms in total. The van der Waals surface area contributed by atoms with E-state index in [1.807, 2.05) is 11.7 Å². The smallest absolute Gasteiger partial charge is 0.335 e. The van der Waals surface area contributed by atoms with Crippen LogP contribution in [-0.2, 0) is 26.4 Å². The van der Waals surface area contributed by atoms with Crippen molar-refractivity contribution in [3.63, 3.8) is 0 Å². The predicted octanol–water partition coefficient (Wildman–Crippen LogP) is 2.65. The van der Waals surface area contributed by atoms with E-state index in [1.54, 1.807) is 10.6 Å². The first-order valence-electron chi connectivity index (χ1n) is 9.56. The van der Waals surface area contributed by atoms with E-state index in [-0.39, 0.29) is 11.1 Å². The Bertz CT molecular complexity index is 1230. The van der Waals surface area contributed by atoms with Gasteiger partial charge in [0, 0.05) is 19.2 Å². The normalized spacial score (nSPS) is 17.1. The molecule has 0 spiro atoms. The number of carboxylic acids is 1. The minimum atomic E-state index is -1.03. The van der Waals surface area contributed by atoms with Gasteiger partial charge in [0.25, 0.3) is 5.56 Å². The molecule has 0 saturated carbocycles. The highest BCUT2D eigenvalue weighted by Crippen LogP contribution is 2.31. The standard InChI is InChI=1S/C21H20N4O3/c1-24-18(14-4-2-3-5-16(14)23-24)11-12-8-9-25-19(12)22-17-10-13(21(27)28)6-7-15(17)20(25)26/h6-7,10-11H,2-5,8-9H2,1H3,(H,27,28)/b12-11+. The summed E-state index contributed by atoms with van der Waals surface area (Å²) in [7, 11) is 1.96. The van der Waals surface area contributed by atoms with Crippen molar-refractivity contribution in [2.24, 2.45) is 7.05 Å². The summed E-state index contributed by atoms with van der Waals surface area (Å²) in [4.78, 5) is 28.8. The van der Waals surface area contributed by atoms with Crippen LogP contribution in [0.2, 0.25) is 0 Å². The van der Waals surface area contributed by atoms with Crippen molar-refractivity contribution < 1.29 is 9.90 Å². The average molecular weight is 376 g/mol. The van der Waals surface area contributed by atoms with E-state index in [4.69, 9.17) is 0 Å². The quantitative estimate of drug-likeness (QED) is 0.743. The van der Waals surface area contributed by atoms with Gasteiger partial charge in [-0.1, -0.05) is 0 Å². The Labute approximate surface area is 160 Å². The van der Waals surface area contributed by atoms with Crippen LogP contribution in [0.25, 0.3) is 22.6 Å². The highest BCUT2D eigenvalue weighted by atomic mass is 16.4. The fourth-order valence-electron chi connectivity index (χ4n) is 4.34. The molecule has 28 heavy (non-hydrogen) atoms. The first kappa shape index (κ1) is 16.9. The first-order valence-corrected chi connectivity index (χ1v) is 9.56. The summed E-state index contributed by atoms with van der Waals surface area (Å²) in [6, 6.07) is 4.48. The molecule has 5 rings (SSSR count). The number of aromatic nitrogens is 4. The van der Waals surface area contributed by atoms with Crippen LogP contribution >= 0.6 is 0 Å². The Kier molecular flexibility index (Phi) is 3.72. The number of allylic oxidation sites excluding steroid dienone is 1. The molecule has 1 N–H and O–H groups in total. The Morgan fingerprint density at radius 1 is 1.21 bits per heavy atom. The van der Waals surface area contributed by atoms with E-state index in [0.29, 0.717) is 23.3 Å². The number of nitrogens with zero attached hydrogens (tertiary/aromatic N) is 4. The van der Waals surface area contributed by atoms with Crippen LogP contribution in [0.3, 0.4) is 0 Å². The van der Waals surface area contributed by atoms with Crippen LogP contribution in [0.15, 0.2) is 23.0 Å². The number of hydrogen-bond acceptors (Lipinski definition) is 4. The summed E-state index contributed by atoms with van der Waals surface area (Å²) in [6.07, 6.45) is 7.23. The molecule has 0 saturated heterocycles. The molecule has 142 valence electrons. The summed E-state index contributed by atoms with van der Waals surface area (Å²) in [5.74, 6) is -0.396. The molecule has 0 radical (unpaired) electrons. The third kappa shape index (κ3) is 2.50. The van der Waals surface area contributed by atoms with Crippen molar-refractivity contribution in [3.05, 3.63) is 56.9 Å². The number of aromatic carboxylic acids is 1. The van der Waals surface area contributed by atoms with Crippen LogP contribution in [0.1, 0.15) is 52.4 Å². The number of benzene rings is 1. The molecule has 0 bridgehead atoms. The van der Waals surface area contributed by atoms with Crippen molar-refractivity contribution in [3.8, 4) is 0 Å². The molecule has 0 amide bonds. The van der Waals surface area contributed by atoms with Gasteiger partial charge in [0.1, 0.15) is 5.82 Å². The lowest BCUT2D eigenvalue weighted by atomic mass is 9.95. The minimum absolute atomic E-state index is 0.118. The summed E-state index contributed by atoms with van der Waals surface area (Å²) in [6.45, 7) is 0.587. The third-order valence-corrected chi connectivity index (χ3v) is 5.77. The number of hydrogen-bond donors (Lipinski definition) is 1. The molecule has 2 aromatic heterocycles. The predicted molar refractivity (Wildman–Crippen MR) is 105 cm³/mol. The van der Waals surface area contributed by atoms with Crippen molar-refractivity contribution in [2.45, 2.75) is 38.6 Å². The summed E-state index contributed by atoms with van der Waals surface area (Å²) in [5.41, 5.74) is 5.00. The molecule has 1 aliphatic carbocycles. The lowest BCUT2D eigenvalue weighted by Gasteiger charge is -2.10. The van der Waals surface area contributed by atoms with E-state index >= 15 is 0 Å². The van der Waals surface area contributed by atoms with E-state index in [9.17, 15) is 14.7 Å². The maximum absolute atomic E-state index is 12.9. The van der Waals surface area contributed by atoms with Gasteiger partial charge in [-0.25, -0.2) is 9.78 Å². The molecule has 3 aromatic rings. The fourth-order valence-corrected chi connectivity index (χ4v) is 4.34. The van der Waals surface area contributed by atoms with E-state index in [2.05, 4.69) is 16.2 Å². The fraction of sp³-hybridized carbons (Fsp3) is 0.333. The van der Waals surface area contributed by atoms with Crippen molar-refractivity contribution in [2.75, 3.05) is 0 Å². The zero-order valence-electron chi connectivity index (χ0n) is 15.6. The van der Waals surface area contributed by atoms with Crippen molar-refractivity contribution >= 4 is 28.5 Å². The number of aryl methyl sites for hydroxylation is 2. The topological polar surface area (TPSA) is 90.0 Å². The van der Waals surface area contributed by atoms with Crippen LogP contribution in [0, 0.1) is 0 Å². The number of rotatable bonds is 2. The van der Waals surface area contributed by atoms with E-state index in [0.717, 1.165) is 30.5 Å². The Balaban J connectivity index is 1.68.